The highest BCUT2D eigenvalue weighted by atomic mass is 35.5. The van der Waals surface area contributed by atoms with Gasteiger partial charge in [0.1, 0.15) is 12.8 Å². The van der Waals surface area contributed by atoms with Gasteiger partial charge in [-0.15, -0.1) is 0 Å². The van der Waals surface area contributed by atoms with Crippen molar-refractivity contribution in [3.8, 4) is 0 Å². The molecule has 2 atom stereocenters. The van der Waals surface area contributed by atoms with E-state index < -0.39 is 43.0 Å². The van der Waals surface area contributed by atoms with E-state index in [1.54, 1.807) is 60.7 Å². The van der Waals surface area contributed by atoms with E-state index in [0.717, 1.165) is 4.42 Å². The van der Waals surface area contributed by atoms with Gasteiger partial charge in [-0.1, -0.05) is 48.5 Å². The van der Waals surface area contributed by atoms with Crippen LogP contribution in [0.15, 0.2) is 60.7 Å². The van der Waals surface area contributed by atoms with Crippen molar-refractivity contribution in [1.29, 1.82) is 0 Å². The molecular weight excluding hydrogens is 447 g/mol. The van der Waals surface area contributed by atoms with E-state index in [-0.39, 0.29) is 0 Å². The zero-order valence-corrected chi connectivity index (χ0v) is 16.6. The zero-order chi connectivity index (χ0) is 22.9. The number of nitrogens with one attached hydrogen (secondary N) is 1. The fourth-order valence-corrected chi connectivity index (χ4v) is 3.42. The lowest BCUT2D eigenvalue weighted by Gasteiger charge is -2.31. The summed E-state index contributed by atoms with van der Waals surface area (Å²) in [4.78, 5) is 12.4. The molecule has 0 spiro atoms. The van der Waals surface area contributed by atoms with Crippen LogP contribution in [0.25, 0.3) is 0 Å². The third-order valence-electron chi connectivity index (χ3n) is 4.68. The number of ether oxygens (including phenoxy) is 1. The van der Waals surface area contributed by atoms with Gasteiger partial charge in [0, 0.05) is 0 Å². The van der Waals surface area contributed by atoms with Crippen LogP contribution in [0.1, 0.15) is 11.7 Å². The average Bonchev–Trinajstić information content (AvgIpc) is 3.02. The van der Waals surface area contributed by atoms with Crippen molar-refractivity contribution in [1.82, 2.24) is 9.84 Å². The average molecular weight is 465 g/mol. The van der Waals surface area contributed by atoms with Crippen molar-refractivity contribution >= 4 is 23.4 Å². The first-order chi connectivity index (χ1) is 14.5. The summed E-state index contributed by atoms with van der Waals surface area (Å²) in [6.45, 7) is -2.97. The molecule has 3 rings (SSSR count). The lowest BCUT2D eigenvalue weighted by Crippen LogP contribution is -2.63. The Hall–Kier alpha value is -2.47. The van der Waals surface area contributed by atoms with Crippen LogP contribution in [-0.2, 0) is 9.53 Å². The number of amides is 1. The second-order valence-corrected chi connectivity index (χ2v) is 7.20. The van der Waals surface area contributed by atoms with Gasteiger partial charge in [0.2, 0.25) is 5.66 Å². The summed E-state index contributed by atoms with van der Waals surface area (Å²) in [5.74, 6) is -6.24. The summed E-state index contributed by atoms with van der Waals surface area (Å²) in [6, 6.07) is 17.1. The predicted octanol–water partition coefficient (Wildman–Crippen LogP) is 3.56. The number of hydrogen-bond donors (Lipinski definition) is 2. The highest BCUT2D eigenvalue weighted by molar-refractivity contribution is 6.16. The number of carbonyl (C=O) groups excluding carboxylic acids is 1. The first kappa shape index (κ1) is 23.2. The van der Waals surface area contributed by atoms with Crippen LogP contribution in [0.2, 0.25) is 0 Å². The molecule has 2 unspecified atom stereocenters. The summed E-state index contributed by atoms with van der Waals surface area (Å²) in [6.07, 6.45) is -6.68. The lowest BCUT2D eigenvalue weighted by molar-refractivity contribution is -0.297. The Labute approximate surface area is 179 Å². The molecule has 1 fully saturated rings. The van der Waals surface area contributed by atoms with E-state index in [9.17, 15) is 26.7 Å². The fraction of sp³-hybridized carbons (Fsp3) is 0.316. The van der Waals surface area contributed by atoms with Gasteiger partial charge in [-0.25, -0.2) is 0 Å². The molecule has 0 radical (unpaired) electrons. The fourth-order valence-electron chi connectivity index (χ4n) is 3.05. The Morgan fingerprint density at radius 2 is 1.61 bits per heavy atom. The molecule has 2 aromatic carbocycles. The SMILES string of the molecule is NC(=O)C1(COCC(F)(F)C(F)(F)F)NN(c2ccccc2)C(c2ccccc2)N1Cl. The van der Waals surface area contributed by atoms with Gasteiger partial charge >= 0.3 is 12.1 Å². The number of carbonyl (C=O) groups is 1. The summed E-state index contributed by atoms with van der Waals surface area (Å²) < 4.78 is 69.4. The first-order valence-electron chi connectivity index (χ1n) is 8.94. The van der Waals surface area contributed by atoms with Crippen LogP contribution in [0.3, 0.4) is 0 Å². The molecule has 1 amide bonds. The maximum absolute atomic E-state index is 13.3. The largest absolute Gasteiger partial charge is 0.455 e. The Kier molecular flexibility index (Phi) is 6.42. The normalized spacial score (nSPS) is 22.6. The number of rotatable bonds is 7. The van der Waals surface area contributed by atoms with Crippen molar-refractivity contribution in [2.75, 3.05) is 18.2 Å². The number of para-hydroxylation sites is 1. The van der Waals surface area contributed by atoms with Crippen LogP contribution in [0.5, 0.6) is 0 Å². The number of hydrazine groups is 1. The lowest BCUT2D eigenvalue weighted by atomic mass is 10.1. The number of hydrogen-bond acceptors (Lipinski definition) is 5. The molecule has 1 heterocycles. The minimum atomic E-state index is -5.81. The molecule has 2 aromatic rings. The van der Waals surface area contributed by atoms with Crippen molar-refractivity contribution in [3.05, 3.63) is 66.2 Å². The second kappa shape index (κ2) is 8.58. The van der Waals surface area contributed by atoms with E-state index in [2.05, 4.69) is 10.2 Å². The number of benzene rings is 2. The van der Waals surface area contributed by atoms with E-state index in [0.29, 0.717) is 11.3 Å². The third kappa shape index (κ3) is 4.45. The molecule has 0 aromatic heterocycles. The third-order valence-corrected chi connectivity index (χ3v) is 5.15. The van der Waals surface area contributed by atoms with Gasteiger partial charge in [-0.2, -0.15) is 31.8 Å². The molecule has 3 N–H and O–H groups in total. The second-order valence-electron chi connectivity index (χ2n) is 6.83. The number of anilines is 1. The van der Waals surface area contributed by atoms with E-state index in [1.807, 2.05) is 0 Å². The number of primary amides is 1. The Balaban J connectivity index is 1.94. The molecule has 1 saturated heterocycles. The van der Waals surface area contributed by atoms with Crippen LogP contribution in [0, 0.1) is 0 Å². The van der Waals surface area contributed by atoms with E-state index >= 15 is 0 Å². The number of nitrogens with zero attached hydrogens (tertiary/aromatic N) is 2. The molecule has 1 aliphatic rings. The first-order valence-corrected chi connectivity index (χ1v) is 9.28. The minimum absolute atomic E-state index is 0.533. The molecule has 168 valence electrons. The molecule has 1 aliphatic heterocycles. The summed E-state index contributed by atoms with van der Waals surface area (Å²) >= 11 is 6.45. The highest BCUT2D eigenvalue weighted by Crippen LogP contribution is 2.41. The number of alkyl halides is 5. The summed E-state index contributed by atoms with van der Waals surface area (Å²) in [5.41, 5.74) is 7.26. The topological polar surface area (TPSA) is 70.8 Å². The highest BCUT2D eigenvalue weighted by Gasteiger charge is 2.59. The monoisotopic (exact) mass is 464 g/mol. The Morgan fingerprint density at radius 3 is 2.13 bits per heavy atom. The molecular formula is C19H18ClF5N4O2. The van der Waals surface area contributed by atoms with Crippen LogP contribution < -0.4 is 16.2 Å². The van der Waals surface area contributed by atoms with Gasteiger partial charge in [0.25, 0.3) is 5.91 Å². The Bertz CT molecular complexity index is 903. The predicted molar refractivity (Wildman–Crippen MR) is 103 cm³/mol. The number of halogens is 6. The zero-order valence-electron chi connectivity index (χ0n) is 15.8. The summed E-state index contributed by atoms with van der Waals surface area (Å²) in [7, 11) is 0. The smallest absolute Gasteiger partial charge is 0.371 e. The van der Waals surface area contributed by atoms with Gasteiger partial charge in [0.15, 0.2) is 0 Å². The molecule has 6 nitrogen and oxygen atoms in total. The van der Waals surface area contributed by atoms with E-state index in [4.69, 9.17) is 17.5 Å². The van der Waals surface area contributed by atoms with Crippen LogP contribution in [-0.4, -0.2) is 41.3 Å². The van der Waals surface area contributed by atoms with Gasteiger partial charge < -0.3 is 10.5 Å². The van der Waals surface area contributed by atoms with Crippen molar-refractivity contribution in [2.45, 2.75) is 23.9 Å². The molecule has 31 heavy (non-hydrogen) atoms. The standard InChI is InChI=1S/C19H18ClF5N4O2/c20-29-15(13-7-3-1-4-8-13)28(14-9-5-2-6-10-14)27-17(29,16(26)30)11-31-12-18(21,22)19(23,24)25/h1-10,15,27H,11-12H2,(H2,26,30). The molecule has 12 heteroatoms. The van der Waals surface area contributed by atoms with E-state index in [1.165, 1.54) is 5.01 Å². The van der Waals surface area contributed by atoms with Crippen LogP contribution in [0.4, 0.5) is 27.6 Å². The van der Waals surface area contributed by atoms with Crippen molar-refractivity contribution in [2.24, 2.45) is 5.73 Å². The van der Waals surface area contributed by atoms with Gasteiger partial charge in [-0.05, 0) is 29.5 Å². The number of nitrogens with two attached hydrogens (primary N) is 1. The molecule has 0 saturated carbocycles. The van der Waals surface area contributed by atoms with Gasteiger partial charge in [0.05, 0.1) is 12.3 Å². The maximum Gasteiger partial charge on any atom is 0.455 e. The van der Waals surface area contributed by atoms with Gasteiger partial charge in [-0.3, -0.25) is 9.80 Å². The van der Waals surface area contributed by atoms with Crippen LogP contribution >= 0.6 is 11.8 Å². The maximum atomic E-state index is 13.3. The quantitative estimate of drug-likeness (QED) is 0.484. The van der Waals surface area contributed by atoms with Crippen molar-refractivity contribution in [3.63, 3.8) is 0 Å². The molecule has 0 aliphatic carbocycles. The molecule has 0 bridgehead atoms. The minimum Gasteiger partial charge on any atom is -0.371 e. The summed E-state index contributed by atoms with van der Waals surface area (Å²) in [5, 5.41) is 1.46. The Morgan fingerprint density at radius 1 is 1.06 bits per heavy atom. The van der Waals surface area contributed by atoms with Crippen molar-refractivity contribution < 1.29 is 31.5 Å².